The van der Waals surface area contributed by atoms with E-state index in [4.69, 9.17) is 0 Å². The zero-order valence-electron chi connectivity index (χ0n) is 18.4. The van der Waals surface area contributed by atoms with Crippen LogP contribution in [0, 0.1) is 0 Å². The summed E-state index contributed by atoms with van der Waals surface area (Å²) in [5.74, 6) is 2.22. The van der Waals surface area contributed by atoms with Crippen molar-refractivity contribution in [2.24, 2.45) is 0 Å². The predicted octanol–water partition coefficient (Wildman–Crippen LogP) is 1.74. The Labute approximate surface area is 192 Å². The average Bonchev–Trinajstić information content (AvgIpc) is 2.84. The van der Waals surface area contributed by atoms with Crippen molar-refractivity contribution in [1.82, 2.24) is 19.7 Å². The molecule has 7 nitrogen and oxygen atoms in total. The van der Waals surface area contributed by atoms with Crippen LogP contribution in [0.15, 0.2) is 23.0 Å². The highest BCUT2D eigenvalue weighted by atomic mass is 32.2. The van der Waals surface area contributed by atoms with Crippen LogP contribution < -0.4 is 5.56 Å². The van der Waals surface area contributed by atoms with E-state index in [1.165, 1.54) is 0 Å². The minimum atomic E-state index is 0.00560. The maximum Gasteiger partial charge on any atom is 0.253 e. The number of carbonyl (C=O) groups excluding carboxylic acids is 2. The fourth-order valence-corrected chi connectivity index (χ4v) is 5.99. The van der Waals surface area contributed by atoms with Gasteiger partial charge in [-0.05, 0) is 35.9 Å². The van der Waals surface area contributed by atoms with Gasteiger partial charge in [-0.15, -0.1) is 0 Å². The van der Waals surface area contributed by atoms with Gasteiger partial charge in [0, 0.05) is 93.0 Å². The Balaban J connectivity index is 1.22. The Morgan fingerprint density at radius 3 is 2.38 bits per heavy atom. The van der Waals surface area contributed by atoms with E-state index >= 15 is 0 Å². The molecule has 2 aromatic rings. The number of ketones is 1. The summed E-state index contributed by atoms with van der Waals surface area (Å²) in [5, 5.41) is 1.02. The number of Topliss-reactive ketones (excluding diaryl/α,β-unsaturated/α-hetero) is 1. The highest BCUT2D eigenvalue weighted by Gasteiger charge is 2.24. The third-order valence-corrected chi connectivity index (χ3v) is 8.01. The third-order valence-electron chi connectivity index (χ3n) is 7.03. The molecule has 5 rings (SSSR count). The molecular formula is C24H30N4O3S. The molecule has 1 aromatic carbocycles. The van der Waals surface area contributed by atoms with E-state index in [1.54, 1.807) is 11.8 Å². The fraction of sp³-hybridized carbons (Fsp3) is 0.542. The summed E-state index contributed by atoms with van der Waals surface area (Å²) in [6.07, 6.45) is 2.25. The number of piperazine rings is 1. The topological polar surface area (TPSA) is 76.7 Å². The minimum Gasteiger partial charge on any atom is -0.336 e. The smallest absolute Gasteiger partial charge is 0.253 e. The van der Waals surface area contributed by atoms with Crippen molar-refractivity contribution >= 4 is 34.4 Å². The molecule has 8 heteroatoms. The Kier molecular flexibility index (Phi) is 6.35. The first-order valence-electron chi connectivity index (χ1n) is 11.6. The standard InChI is InChI=1S/C24H30N4O3S/c29-18-3-6-26(7-4-18)8-9-27-10-12-28(13-11-27)24(31)17-1-2-22-20(15-17)19-5-14-32-16-21(19)23(30)25-22/h1-2,15H,3-14,16H2,(H,25,30). The number of hydrogen-bond acceptors (Lipinski definition) is 6. The summed E-state index contributed by atoms with van der Waals surface area (Å²) in [5.41, 5.74) is 3.51. The van der Waals surface area contributed by atoms with Gasteiger partial charge in [0.2, 0.25) is 0 Å². The van der Waals surface area contributed by atoms with Crippen LogP contribution in [-0.4, -0.2) is 89.5 Å². The number of pyridine rings is 1. The van der Waals surface area contributed by atoms with Crippen molar-refractivity contribution in [2.75, 3.05) is 58.1 Å². The van der Waals surface area contributed by atoms with Crippen molar-refractivity contribution < 1.29 is 9.59 Å². The van der Waals surface area contributed by atoms with E-state index in [-0.39, 0.29) is 11.5 Å². The summed E-state index contributed by atoms with van der Waals surface area (Å²) >= 11 is 1.79. The zero-order valence-corrected chi connectivity index (χ0v) is 19.2. The summed E-state index contributed by atoms with van der Waals surface area (Å²) in [6.45, 7) is 6.97. The number of hydrogen-bond donors (Lipinski definition) is 1. The molecule has 170 valence electrons. The van der Waals surface area contributed by atoms with Gasteiger partial charge in [0.15, 0.2) is 0 Å². The molecule has 32 heavy (non-hydrogen) atoms. The number of nitrogens with one attached hydrogen (secondary N) is 1. The molecule has 2 fully saturated rings. The highest BCUT2D eigenvalue weighted by molar-refractivity contribution is 7.98. The number of fused-ring (bicyclic) bond motifs is 3. The zero-order chi connectivity index (χ0) is 22.1. The van der Waals surface area contributed by atoms with Crippen LogP contribution in [0.2, 0.25) is 0 Å². The second-order valence-corrected chi connectivity index (χ2v) is 10.1. The number of likely N-dealkylation sites (tertiary alicyclic amines) is 1. The molecule has 3 aliphatic rings. The summed E-state index contributed by atoms with van der Waals surface area (Å²) < 4.78 is 0. The van der Waals surface area contributed by atoms with Crippen molar-refractivity contribution in [1.29, 1.82) is 0 Å². The molecule has 3 aliphatic heterocycles. The van der Waals surface area contributed by atoms with E-state index in [9.17, 15) is 14.4 Å². The Morgan fingerprint density at radius 1 is 0.906 bits per heavy atom. The maximum atomic E-state index is 13.2. The number of nitrogens with zero attached hydrogens (tertiary/aromatic N) is 3. The monoisotopic (exact) mass is 454 g/mol. The van der Waals surface area contributed by atoms with E-state index in [0.717, 1.165) is 92.3 Å². The lowest BCUT2D eigenvalue weighted by Gasteiger charge is -2.36. The van der Waals surface area contributed by atoms with E-state index in [0.29, 0.717) is 24.2 Å². The first-order chi connectivity index (χ1) is 15.6. The molecule has 0 bridgehead atoms. The van der Waals surface area contributed by atoms with Crippen LogP contribution in [0.1, 0.15) is 34.3 Å². The number of H-pyrrole nitrogens is 1. The van der Waals surface area contributed by atoms with Gasteiger partial charge in [0.1, 0.15) is 5.78 Å². The van der Waals surface area contributed by atoms with Gasteiger partial charge in [-0.25, -0.2) is 0 Å². The van der Waals surface area contributed by atoms with E-state index < -0.39 is 0 Å². The van der Waals surface area contributed by atoms with Crippen LogP contribution in [0.3, 0.4) is 0 Å². The van der Waals surface area contributed by atoms with Crippen LogP contribution in [0.5, 0.6) is 0 Å². The molecule has 1 aromatic heterocycles. The van der Waals surface area contributed by atoms with Gasteiger partial charge in [0.05, 0.1) is 0 Å². The molecule has 0 atom stereocenters. The maximum absolute atomic E-state index is 13.2. The first-order valence-corrected chi connectivity index (χ1v) is 12.8. The number of rotatable bonds is 4. The second kappa shape index (κ2) is 9.37. The minimum absolute atomic E-state index is 0.00560. The molecule has 2 saturated heterocycles. The van der Waals surface area contributed by atoms with Crippen molar-refractivity contribution in [3.8, 4) is 0 Å². The number of piperidine rings is 1. The number of aryl methyl sites for hydroxylation is 1. The lowest BCUT2D eigenvalue weighted by atomic mass is 9.99. The van der Waals surface area contributed by atoms with Gasteiger partial charge in [-0.3, -0.25) is 19.3 Å². The molecule has 0 saturated carbocycles. The second-order valence-electron chi connectivity index (χ2n) is 8.99. The molecule has 0 spiro atoms. The predicted molar refractivity (Wildman–Crippen MR) is 127 cm³/mol. The Morgan fingerprint density at radius 2 is 1.62 bits per heavy atom. The van der Waals surface area contributed by atoms with Gasteiger partial charge < -0.3 is 14.8 Å². The molecule has 0 radical (unpaired) electrons. The molecule has 0 unspecified atom stereocenters. The molecule has 1 amide bonds. The number of amides is 1. The Bertz CT molecular complexity index is 1080. The van der Waals surface area contributed by atoms with Crippen molar-refractivity contribution in [3.05, 3.63) is 45.2 Å². The fourth-order valence-electron chi connectivity index (χ4n) is 4.99. The largest absolute Gasteiger partial charge is 0.336 e. The van der Waals surface area contributed by atoms with Gasteiger partial charge in [-0.1, -0.05) is 0 Å². The Hall–Kier alpha value is -2.16. The van der Waals surface area contributed by atoms with Crippen LogP contribution in [0.25, 0.3) is 10.9 Å². The van der Waals surface area contributed by atoms with Gasteiger partial charge in [-0.2, -0.15) is 11.8 Å². The van der Waals surface area contributed by atoms with Crippen molar-refractivity contribution in [3.63, 3.8) is 0 Å². The van der Waals surface area contributed by atoms with Crippen LogP contribution in [0.4, 0.5) is 0 Å². The normalized spacial score (nSPS) is 20.5. The average molecular weight is 455 g/mol. The highest BCUT2D eigenvalue weighted by Crippen LogP contribution is 2.28. The van der Waals surface area contributed by atoms with E-state index in [1.807, 2.05) is 23.1 Å². The van der Waals surface area contributed by atoms with E-state index in [2.05, 4.69) is 14.8 Å². The molecular weight excluding hydrogens is 424 g/mol. The first kappa shape index (κ1) is 21.7. The summed E-state index contributed by atoms with van der Waals surface area (Å²) in [7, 11) is 0. The third kappa shape index (κ3) is 4.49. The quantitative estimate of drug-likeness (QED) is 0.759. The molecule has 0 aliphatic carbocycles. The van der Waals surface area contributed by atoms with Gasteiger partial charge in [0.25, 0.3) is 11.5 Å². The van der Waals surface area contributed by atoms with Crippen LogP contribution in [-0.2, 0) is 17.0 Å². The number of carbonyl (C=O) groups is 2. The SMILES string of the molecule is O=C1CCN(CCN2CCN(C(=O)c3ccc4[nH]c(=O)c5c(c4c3)CCSC5)CC2)CC1. The van der Waals surface area contributed by atoms with Crippen molar-refractivity contribution in [2.45, 2.75) is 25.0 Å². The molecule has 4 heterocycles. The number of thioether (sulfide) groups is 1. The number of aromatic nitrogens is 1. The summed E-state index contributed by atoms with van der Waals surface area (Å²) in [4.78, 5) is 46.7. The number of benzene rings is 1. The van der Waals surface area contributed by atoms with Crippen LogP contribution >= 0.6 is 11.8 Å². The number of aromatic amines is 1. The molecule has 1 N–H and O–H groups in total. The lowest BCUT2D eigenvalue weighted by Crippen LogP contribution is -2.50. The lowest BCUT2D eigenvalue weighted by molar-refractivity contribution is -0.121. The summed E-state index contributed by atoms with van der Waals surface area (Å²) in [6, 6.07) is 5.70. The van der Waals surface area contributed by atoms with Gasteiger partial charge >= 0.3 is 0 Å².